The lowest BCUT2D eigenvalue weighted by Crippen LogP contribution is -1.87. The highest BCUT2D eigenvalue weighted by Crippen LogP contribution is 2.34. The zero-order valence-electron chi connectivity index (χ0n) is 7.31. The van der Waals surface area contributed by atoms with E-state index in [0.717, 1.165) is 27.9 Å². The summed E-state index contributed by atoms with van der Waals surface area (Å²) >= 11 is 4.49. The number of benzene rings is 1. The first-order chi connectivity index (χ1) is 6.86. The third-order valence-corrected chi connectivity index (χ3v) is 2.90. The predicted octanol–water partition coefficient (Wildman–Crippen LogP) is 2.18. The second-order valence-electron chi connectivity index (χ2n) is 3.19. The lowest BCUT2D eigenvalue weighted by Gasteiger charge is -2.05. The highest BCUT2D eigenvalue weighted by molar-refractivity contribution is 7.80. The van der Waals surface area contributed by atoms with Crippen LogP contribution >= 0.6 is 12.6 Å². The Balaban J connectivity index is 2.47. The van der Waals surface area contributed by atoms with Gasteiger partial charge in [-0.1, -0.05) is 0 Å². The average molecular weight is 201 g/mol. The van der Waals surface area contributed by atoms with E-state index in [1.54, 1.807) is 12.5 Å². The zero-order chi connectivity index (χ0) is 9.54. The molecule has 0 amide bonds. The molecule has 1 aliphatic heterocycles. The molecule has 1 aromatic heterocycles. The number of hydrogen-bond donors (Lipinski definition) is 1. The Morgan fingerprint density at radius 2 is 2.29 bits per heavy atom. The first-order valence-electron chi connectivity index (χ1n) is 4.33. The van der Waals surface area contributed by atoms with Crippen molar-refractivity contribution in [2.45, 2.75) is 11.3 Å². The summed E-state index contributed by atoms with van der Waals surface area (Å²) in [5.41, 5.74) is 3.07. The fourth-order valence-corrected chi connectivity index (χ4v) is 2.07. The minimum Gasteiger partial charge on any atom is -0.260 e. The Kier molecular flexibility index (Phi) is 1.58. The van der Waals surface area contributed by atoms with Gasteiger partial charge < -0.3 is 0 Å². The van der Waals surface area contributed by atoms with Gasteiger partial charge in [-0.15, -0.1) is 12.6 Å². The molecule has 3 nitrogen and oxygen atoms in total. The van der Waals surface area contributed by atoms with E-state index in [2.05, 4.69) is 27.6 Å². The van der Waals surface area contributed by atoms with Gasteiger partial charge in [0.15, 0.2) is 0 Å². The van der Waals surface area contributed by atoms with Crippen LogP contribution in [0.1, 0.15) is 5.56 Å². The van der Waals surface area contributed by atoms with Gasteiger partial charge in [0.1, 0.15) is 6.33 Å². The Morgan fingerprint density at radius 3 is 3.21 bits per heavy atom. The third kappa shape index (κ3) is 0.974. The van der Waals surface area contributed by atoms with Gasteiger partial charge in [0.05, 0.1) is 11.2 Å². The Labute approximate surface area is 86.3 Å². The van der Waals surface area contributed by atoms with Crippen molar-refractivity contribution < 1.29 is 0 Å². The van der Waals surface area contributed by atoms with Gasteiger partial charge in [-0.05, 0) is 11.6 Å². The molecule has 68 valence electrons. The summed E-state index contributed by atoms with van der Waals surface area (Å²) in [6.45, 7) is 0. The number of hydrogen-bond acceptors (Lipinski definition) is 4. The molecule has 0 bridgehead atoms. The van der Waals surface area contributed by atoms with Crippen molar-refractivity contribution >= 4 is 35.4 Å². The van der Waals surface area contributed by atoms with E-state index in [1.165, 1.54) is 5.56 Å². The number of rotatable bonds is 0. The van der Waals surface area contributed by atoms with Crippen LogP contribution in [0, 0.1) is 0 Å². The van der Waals surface area contributed by atoms with Crippen LogP contribution < -0.4 is 0 Å². The molecule has 1 aromatic carbocycles. The lowest BCUT2D eigenvalue weighted by atomic mass is 10.1. The molecule has 2 aromatic rings. The van der Waals surface area contributed by atoms with E-state index in [4.69, 9.17) is 0 Å². The maximum absolute atomic E-state index is 4.49. The summed E-state index contributed by atoms with van der Waals surface area (Å²) in [7, 11) is 0. The Bertz CT molecular complexity index is 548. The molecule has 2 heterocycles. The maximum Gasteiger partial charge on any atom is 0.116 e. The highest BCUT2D eigenvalue weighted by Gasteiger charge is 2.13. The van der Waals surface area contributed by atoms with E-state index in [1.807, 2.05) is 12.3 Å². The third-order valence-electron chi connectivity index (χ3n) is 2.39. The molecule has 14 heavy (non-hydrogen) atoms. The van der Waals surface area contributed by atoms with Crippen molar-refractivity contribution in [3.63, 3.8) is 0 Å². The molecule has 0 radical (unpaired) electrons. The molecule has 1 aliphatic rings. The van der Waals surface area contributed by atoms with E-state index in [0.29, 0.717) is 0 Å². The van der Waals surface area contributed by atoms with Gasteiger partial charge in [-0.3, -0.25) is 4.99 Å². The monoisotopic (exact) mass is 201 g/mol. The van der Waals surface area contributed by atoms with Crippen LogP contribution in [0.15, 0.2) is 28.5 Å². The minimum absolute atomic E-state index is 0.860. The second-order valence-corrected chi connectivity index (χ2v) is 3.64. The summed E-state index contributed by atoms with van der Waals surface area (Å²) < 4.78 is 0. The smallest absolute Gasteiger partial charge is 0.116 e. The largest absolute Gasteiger partial charge is 0.260 e. The van der Waals surface area contributed by atoms with Crippen molar-refractivity contribution in [2.24, 2.45) is 4.99 Å². The fourth-order valence-electron chi connectivity index (χ4n) is 1.69. The van der Waals surface area contributed by atoms with E-state index < -0.39 is 0 Å². The summed E-state index contributed by atoms with van der Waals surface area (Å²) in [6.07, 6.45) is 6.10. The topological polar surface area (TPSA) is 38.1 Å². The number of fused-ring (bicyclic) bond motifs is 2. The summed E-state index contributed by atoms with van der Waals surface area (Å²) in [5.74, 6) is 0. The molecule has 0 N–H and O–H groups in total. The van der Waals surface area contributed by atoms with Crippen LogP contribution in [0.25, 0.3) is 10.9 Å². The van der Waals surface area contributed by atoms with Crippen molar-refractivity contribution in [3.05, 3.63) is 24.2 Å². The molecule has 0 saturated heterocycles. The van der Waals surface area contributed by atoms with Crippen LogP contribution in [-0.2, 0) is 6.42 Å². The van der Waals surface area contributed by atoms with Crippen LogP contribution in [-0.4, -0.2) is 16.2 Å². The molecule has 4 heteroatoms. The van der Waals surface area contributed by atoms with E-state index in [9.17, 15) is 0 Å². The number of nitrogens with zero attached hydrogens (tertiary/aromatic N) is 3. The number of aromatic nitrogens is 2. The van der Waals surface area contributed by atoms with Crippen molar-refractivity contribution in [1.29, 1.82) is 0 Å². The van der Waals surface area contributed by atoms with Crippen molar-refractivity contribution in [3.8, 4) is 0 Å². The molecule has 0 unspecified atom stereocenters. The SMILES string of the molecule is Sc1c2c(cc3ncncc13)N=CC2. The lowest BCUT2D eigenvalue weighted by molar-refractivity contribution is 1.20. The first-order valence-corrected chi connectivity index (χ1v) is 4.78. The van der Waals surface area contributed by atoms with Gasteiger partial charge >= 0.3 is 0 Å². The minimum atomic E-state index is 0.860. The van der Waals surface area contributed by atoms with Gasteiger partial charge in [-0.2, -0.15) is 0 Å². The molecular weight excluding hydrogens is 194 g/mol. The standard InChI is InChI=1S/C10H7N3S/c14-10-6-1-2-12-8(6)3-9-7(10)4-11-5-13-9/h2-5,14H,1H2. The molecule has 3 rings (SSSR count). The van der Waals surface area contributed by atoms with Crippen LogP contribution in [0.3, 0.4) is 0 Å². The number of thiol groups is 1. The van der Waals surface area contributed by atoms with Crippen LogP contribution in [0.5, 0.6) is 0 Å². The van der Waals surface area contributed by atoms with Gasteiger partial charge in [0.25, 0.3) is 0 Å². The maximum atomic E-state index is 4.49. The average Bonchev–Trinajstić information content (AvgIpc) is 2.66. The summed E-state index contributed by atoms with van der Waals surface area (Å²) in [5, 5.41) is 1.00. The Hall–Kier alpha value is -1.42. The van der Waals surface area contributed by atoms with Crippen LogP contribution in [0.2, 0.25) is 0 Å². The fraction of sp³-hybridized carbons (Fsp3) is 0.100. The quantitative estimate of drug-likeness (QED) is 0.663. The molecular formula is C10H7N3S. The van der Waals surface area contributed by atoms with E-state index >= 15 is 0 Å². The van der Waals surface area contributed by atoms with Gasteiger partial charge in [-0.25, -0.2) is 9.97 Å². The molecule has 0 atom stereocenters. The molecule has 0 aliphatic carbocycles. The van der Waals surface area contributed by atoms with Crippen molar-refractivity contribution in [2.75, 3.05) is 0 Å². The van der Waals surface area contributed by atoms with Crippen molar-refractivity contribution in [1.82, 2.24) is 9.97 Å². The molecule has 0 fully saturated rings. The summed E-state index contributed by atoms with van der Waals surface area (Å²) in [6, 6.07) is 1.98. The van der Waals surface area contributed by atoms with Gasteiger partial charge in [0.2, 0.25) is 0 Å². The Morgan fingerprint density at radius 1 is 1.36 bits per heavy atom. The number of aliphatic imine (C=N–C) groups is 1. The van der Waals surface area contributed by atoms with E-state index in [-0.39, 0.29) is 0 Å². The highest BCUT2D eigenvalue weighted by atomic mass is 32.1. The van der Waals surface area contributed by atoms with Crippen LogP contribution in [0.4, 0.5) is 5.69 Å². The summed E-state index contributed by atoms with van der Waals surface area (Å²) in [4.78, 5) is 13.4. The molecule has 0 spiro atoms. The van der Waals surface area contributed by atoms with Gasteiger partial charge in [0, 0.05) is 29.1 Å². The zero-order valence-corrected chi connectivity index (χ0v) is 8.20. The predicted molar refractivity (Wildman–Crippen MR) is 58.6 cm³/mol. The first kappa shape index (κ1) is 7.94. The second kappa shape index (κ2) is 2.78. The molecule has 0 saturated carbocycles. The normalized spacial score (nSPS) is 13.5.